The molecule has 1 N–H and O–H groups in total. The highest BCUT2D eigenvalue weighted by atomic mass is 32.1. The molecule has 1 saturated carbocycles. The van der Waals surface area contributed by atoms with Crippen LogP contribution in [0, 0.1) is 6.92 Å². The standard InChI is InChI=1S/C18H25N3O3S/c1-12-10-13-11-20(7-6-16(13)25-12)17(22)19-14-2-4-15(5-3-14)21-8-9-24-18(21)23/h10,14-15H,2-9,11H2,1H3,(H,19,22). The Bertz CT molecular complexity index is 667. The van der Waals surface area contributed by atoms with Crippen molar-refractivity contribution in [1.82, 2.24) is 15.1 Å². The van der Waals surface area contributed by atoms with Gasteiger partial charge in [-0.25, -0.2) is 9.59 Å². The van der Waals surface area contributed by atoms with Gasteiger partial charge in [-0.2, -0.15) is 0 Å². The maximum atomic E-state index is 12.6. The molecule has 3 heterocycles. The Kier molecular flexibility index (Phi) is 4.58. The fraction of sp³-hybridized carbons (Fsp3) is 0.667. The van der Waals surface area contributed by atoms with Crippen molar-refractivity contribution in [3.63, 3.8) is 0 Å². The molecule has 0 radical (unpaired) electrons. The molecule has 1 aromatic rings. The summed E-state index contributed by atoms with van der Waals surface area (Å²) in [4.78, 5) is 30.8. The molecule has 6 nitrogen and oxygen atoms in total. The smallest absolute Gasteiger partial charge is 0.410 e. The molecule has 3 amide bonds. The number of hydrogen-bond acceptors (Lipinski definition) is 4. The van der Waals surface area contributed by atoms with Crippen molar-refractivity contribution in [1.29, 1.82) is 0 Å². The van der Waals surface area contributed by atoms with Crippen molar-refractivity contribution in [2.24, 2.45) is 0 Å². The predicted octanol–water partition coefficient (Wildman–Crippen LogP) is 2.89. The van der Waals surface area contributed by atoms with Gasteiger partial charge in [-0.15, -0.1) is 11.3 Å². The molecule has 1 aromatic heterocycles. The summed E-state index contributed by atoms with van der Waals surface area (Å²) in [5.74, 6) is 0. The maximum absolute atomic E-state index is 12.6. The van der Waals surface area contributed by atoms with Gasteiger partial charge in [0.05, 0.1) is 6.54 Å². The molecule has 0 atom stereocenters. The molecular weight excluding hydrogens is 338 g/mol. The third kappa shape index (κ3) is 3.47. The number of fused-ring (bicyclic) bond motifs is 1. The summed E-state index contributed by atoms with van der Waals surface area (Å²) >= 11 is 1.85. The third-order valence-corrected chi connectivity index (χ3v) is 6.69. The lowest BCUT2D eigenvalue weighted by molar-refractivity contribution is 0.133. The van der Waals surface area contributed by atoms with E-state index in [9.17, 15) is 9.59 Å². The maximum Gasteiger partial charge on any atom is 0.410 e. The summed E-state index contributed by atoms with van der Waals surface area (Å²) in [5.41, 5.74) is 1.31. The number of carbonyl (C=O) groups is 2. The normalized spacial score (nSPS) is 26.4. The second-order valence-corrected chi connectivity index (χ2v) is 8.58. The number of ether oxygens (including phenoxy) is 1. The van der Waals surface area contributed by atoms with Gasteiger partial charge in [0.15, 0.2) is 0 Å². The van der Waals surface area contributed by atoms with Gasteiger partial charge in [-0.05, 0) is 50.7 Å². The molecule has 0 spiro atoms. The first-order valence-electron chi connectivity index (χ1n) is 9.17. The van der Waals surface area contributed by atoms with Crippen LogP contribution < -0.4 is 5.32 Å². The van der Waals surface area contributed by atoms with E-state index in [4.69, 9.17) is 4.74 Å². The van der Waals surface area contributed by atoms with Crippen molar-refractivity contribution in [2.45, 2.75) is 57.7 Å². The Labute approximate surface area is 152 Å². The third-order valence-electron chi connectivity index (χ3n) is 5.53. The minimum absolute atomic E-state index is 0.0542. The summed E-state index contributed by atoms with van der Waals surface area (Å²) in [5, 5.41) is 3.20. The summed E-state index contributed by atoms with van der Waals surface area (Å²) in [6.45, 7) is 4.86. The van der Waals surface area contributed by atoms with Gasteiger partial charge >= 0.3 is 12.1 Å². The Morgan fingerprint density at radius 1 is 1.28 bits per heavy atom. The zero-order chi connectivity index (χ0) is 17.4. The molecule has 1 saturated heterocycles. The summed E-state index contributed by atoms with van der Waals surface area (Å²) in [7, 11) is 0. The Morgan fingerprint density at radius 2 is 2.08 bits per heavy atom. The van der Waals surface area contributed by atoms with Gasteiger partial charge in [-0.3, -0.25) is 0 Å². The molecule has 3 aliphatic rings. The second-order valence-electron chi connectivity index (χ2n) is 7.24. The number of rotatable bonds is 2. The van der Waals surface area contributed by atoms with Crippen LogP contribution in [0.4, 0.5) is 9.59 Å². The number of thiophene rings is 1. The zero-order valence-electron chi connectivity index (χ0n) is 14.6. The lowest BCUT2D eigenvalue weighted by atomic mass is 9.90. The molecule has 0 unspecified atom stereocenters. The van der Waals surface area contributed by atoms with Crippen LogP contribution in [0.2, 0.25) is 0 Å². The fourth-order valence-electron chi connectivity index (χ4n) is 4.19. The van der Waals surface area contributed by atoms with E-state index in [-0.39, 0.29) is 24.2 Å². The van der Waals surface area contributed by atoms with Gasteiger partial charge < -0.3 is 19.9 Å². The number of hydrogen-bond donors (Lipinski definition) is 1. The largest absolute Gasteiger partial charge is 0.448 e. The van der Waals surface area contributed by atoms with Gasteiger partial charge in [0.2, 0.25) is 0 Å². The van der Waals surface area contributed by atoms with Crippen LogP contribution in [0.5, 0.6) is 0 Å². The van der Waals surface area contributed by atoms with Gasteiger partial charge in [0, 0.05) is 34.9 Å². The number of urea groups is 1. The van der Waals surface area contributed by atoms with Crippen LogP contribution in [0.1, 0.15) is 41.0 Å². The first-order valence-corrected chi connectivity index (χ1v) is 9.99. The number of nitrogens with zero attached hydrogens (tertiary/aromatic N) is 2. The minimum atomic E-state index is -0.178. The molecule has 2 aliphatic heterocycles. The lowest BCUT2D eigenvalue weighted by Crippen LogP contribution is -2.49. The molecule has 7 heteroatoms. The summed E-state index contributed by atoms with van der Waals surface area (Å²) in [6, 6.07) is 2.75. The van der Waals surface area contributed by atoms with Crippen LogP contribution in [-0.4, -0.2) is 53.7 Å². The highest BCUT2D eigenvalue weighted by molar-refractivity contribution is 7.12. The van der Waals surface area contributed by atoms with Crippen LogP contribution in [0.25, 0.3) is 0 Å². The highest BCUT2D eigenvalue weighted by Gasteiger charge is 2.33. The van der Waals surface area contributed by atoms with Crippen LogP contribution in [0.3, 0.4) is 0 Å². The number of amides is 3. The quantitative estimate of drug-likeness (QED) is 0.879. The van der Waals surface area contributed by atoms with Crippen LogP contribution in [0.15, 0.2) is 6.07 Å². The Hall–Kier alpha value is -1.76. The predicted molar refractivity (Wildman–Crippen MR) is 95.8 cm³/mol. The average molecular weight is 363 g/mol. The van der Waals surface area contributed by atoms with E-state index in [0.717, 1.165) is 45.2 Å². The van der Waals surface area contributed by atoms with E-state index in [1.165, 1.54) is 15.3 Å². The topological polar surface area (TPSA) is 61.9 Å². The van der Waals surface area contributed by atoms with Crippen molar-refractivity contribution < 1.29 is 14.3 Å². The Morgan fingerprint density at radius 3 is 2.80 bits per heavy atom. The minimum Gasteiger partial charge on any atom is -0.448 e. The zero-order valence-corrected chi connectivity index (χ0v) is 15.4. The molecule has 4 rings (SSSR count). The van der Waals surface area contributed by atoms with E-state index in [0.29, 0.717) is 13.2 Å². The molecule has 0 bridgehead atoms. The van der Waals surface area contributed by atoms with Crippen molar-refractivity contribution in [2.75, 3.05) is 19.7 Å². The van der Waals surface area contributed by atoms with E-state index < -0.39 is 0 Å². The van der Waals surface area contributed by atoms with E-state index in [1.54, 1.807) is 0 Å². The van der Waals surface area contributed by atoms with Gasteiger partial charge in [-0.1, -0.05) is 0 Å². The highest BCUT2D eigenvalue weighted by Crippen LogP contribution is 2.28. The average Bonchev–Trinajstić information content (AvgIpc) is 3.19. The van der Waals surface area contributed by atoms with Gasteiger partial charge in [0.25, 0.3) is 0 Å². The van der Waals surface area contributed by atoms with Crippen molar-refractivity contribution in [3.05, 3.63) is 21.4 Å². The molecule has 136 valence electrons. The van der Waals surface area contributed by atoms with Crippen LogP contribution in [-0.2, 0) is 17.7 Å². The number of cyclic esters (lactones) is 1. The summed E-state index contributed by atoms with van der Waals surface area (Å²) in [6.07, 6.45) is 4.52. The fourth-order valence-corrected chi connectivity index (χ4v) is 5.23. The van der Waals surface area contributed by atoms with E-state index >= 15 is 0 Å². The first-order chi connectivity index (χ1) is 12.1. The monoisotopic (exact) mass is 363 g/mol. The van der Waals surface area contributed by atoms with Crippen LogP contribution >= 0.6 is 11.3 Å². The number of nitrogens with one attached hydrogen (secondary N) is 1. The molecule has 2 fully saturated rings. The van der Waals surface area contributed by atoms with E-state index in [1.807, 2.05) is 21.1 Å². The molecule has 25 heavy (non-hydrogen) atoms. The number of carbonyl (C=O) groups excluding carboxylic acids is 2. The van der Waals surface area contributed by atoms with Crippen molar-refractivity contribution >= 4 is 23.5 Å². The molecule has 0 aromatic carbocycles. The lowest BCUT2D eigenvalue weighted by Gasteiger charge is -2.35. The number of aryl methyl sites for hydroxylation is 1. The SMILES string of the molecule is Cc1cc2c(s1)CCN(C(=O)NC1CCC(N3CCOC3=O)CC1)C2. The van der Waals surface area contributed by atoms with Gasteiger partial charge in [0.1, 0.15) is 6.61 Å². The van der Waals surface area contributed by atoms with Crippen molar-refractivity contribution in [3.8, 4) is 0 Å². The second kappa shape index (κ2) is 6.86. The molecular formula is C18H25N3O3S. The first kappa shape index (κ1) is 16.7. The van der Waals surface area contributed by atoms with E-state index in [2.05, 4.69) is 18.3 Å². The molecule has 1 aliphatic carbocycles. The Balaban J connectivity index is 1.27. The summed E-state index contributed by atoms with van der Waals surface area (Å²) < 4.78 is 5.03.